The van der Waals surface area contributed by atoms with Gasteiger partial charge in [0.1, 0.15) is 6.07 Å². The van der Waals surface area contributed by atoms with E-state index in [1.165, 1.54) is 0 Å². The van der Waals surface area contributed by atoms with Crippen LogP contribution in [0, 0.1) is 23.2 Å². The van der Waals surface area contributed by atoms with E-state index in [1.807, 2.05) is 18.2 Å². The number of imide groups is 1. The summed E-state index contributed by atoms with van der Waals surface area (Å²) in [6, 6.07) is 8.69. The van der Waals surface area contributed by atoms with Gasteiger partial charge < -0.3 is 4.74 Å². The lowest BCUT2D eigenvalue weighted by atomic mass is 9.85. The molecule has 2 fully saturated rings. The number of anilines is 1. The van der Waals surface area contributed by atoms with Crippen LogP contribution in [0.1, 0.15) is 5.56 Å². The Morgan fingerprint density at radius 3 is 2.25 bits per heavy atom. The summed E-state index contributed by atoms with van der Waals surface area (Å²) in [5.41, 5.74) is 0.703. The van der Waals surface area contributed by atoms with Crippen molar-refractivity contribution in [3.63, 3.8) is 0 Å². The van der Waals surface area contributed by atoms with Crippen molar-refractivity contribution < 1.29 is 14.3 Å². The second-order valence-corrected chi connectivity index (χ2v) is 5.14. The number of carbonyl (C=O) groups excluding carboxylic acids is 2. The van der Waals surface area contributed by atoms with Crippen LogP contribution in [-0.4, -0.2) is 24.0 Å². The smallest absolute Gasteiger partial charge is 0.240 e. The summed E-state index contributed by atoms with van der Waals surface area (Å²) in [6.45, 7) is 0. The molecular weight excluding hydrogens is 256 g/mol. The van der Waals surface area contributed by atoms with Gasteiger partial charge in [0, 0.05) is 0 Å². The zero-order chi connectivity index (χ0) is 13.9. The van der Waals surface area contributed by atoms with Gasteiger partial charge in [0.25, 0.3) is 0 Å². The van der Waals surface area contributed by atoms with Crippen LogP contribution in [0.5, 0.6) is 0 Å². The van der Waals surface area contributed by atoms with Crippen LogP contribution >= 0.6 is 0 Å². The van der Waals surface area contributed by atoms with Crippen molar-refractivity contribution in [2.45, 2.75) is 12.2 Å². The van der Waals surface area contributed by atoms with E-state index in [0.717, 1.165) is 4.90 Å². The van der Waals surface area contributed by atoms with Gasteiger partial charge in [-0.05, 0) is 12.1 Å². The number of nitriles is 1. The Hall–Kier alpha value is -2.45. The van der Waals surface area contributed by atoms with Gasteiger partial charge in [-0.2, -0.15) is 5.26 Å². The summed E-state index contributed by atoms with van der Waals surface area (Å²) in [6.07, 6.45) is 3.08. The minimum absolute atomic E-state index is 0.264. The second kappa shape index (κ2) is 3.78. The maximum atomic E-state index is 12.5. The van der Waals surface area contributed by atoms with Crippen molar-refractivity contribution in [3.8, 4) is 6.07 Å². The number of hydrogen-bond donors (Lipinski definition) is 0. The average Bonchev–Trinajstić information content (AvgIpc) is 3.13. The van der Waals surface area contributed by atoms with Crippen molar-refractivity contribution in [1.82, 2.24) is 0 Å². The molecule has 0 unspecified atom stereocenters. The number of para-hydroxylation sites is 1. The number of nitrogens with zero attached hydrogens (tertiary/aromatic N) is 2. The van der Waals surface area contributed by atoms with Crippen molar-refractivity contribution in [2.24, 2.45) is 11.8 Å². The van der Waals surface area contributed by atoms with E-state index in [1.54, 1.807) is 24.3 Å². The van der Waals surface area contributed by atoms with Crippen LogP contribution in [0.4, 0.5) is 5.69 Å². The molecule has 5 nitrogen and oxygen atoms in total. The maximum Gasteiger partial charge on any atom is 0.240 e. The van der Waals surface area contributed by atoms with E-state index < -0.39 is 11.8 Å². The number of rotatable bonds is 1. The van der Waals surface area contributed by atoms with Gasteiger partial charge in [0.05, 0.1) is 35.3 Å². The van der Waals surface area contributed by atoms with Crippen molar-refractivity contribution in [1.29, 1.82) is 5.26 Å². The predicted octanol–water partition coefficient (Wildman–Crippen LogP) is 1.00. The molecule has 0 aromatic heterocycles. The Morgan fingerprint density at radius 1 is 1.05 bits per heavy atom. The number of benzene rings is 1. The van der Waals surface area contributed by atoms with Crippen molar-refractivity contribution >= 4 is 17.5 Å². The number of hydrogen-bond acceptors (Lipinski definition) is 4. The quantitative estimate of drug-likeness (QED) is 0.561. The molecule has 2 saturated heterocycles. The summed E-state index contributed by atoms with van der Waals surface area (Å²) in [5.74, 6) is -1.41. The first-order valence-electron chi connectivity index (χ1n) is 6.43. The molecule has 98 valence electrons. The topological polar surface area (TPSA) is 70.4 Å². The maximum absolute atomic E-state index is 12.5. The van der Waals surface area contributed by atoms with E-state index in [9.17, 15) is 9.59 Å². The van der Waals surface area contributed by atoms with E-state index >= 15 is 0 Å². The SMILES string of the molecule is N#Cc1ccccc1N1C(=O)[C@@H]2[C@H](C1=O)[C@H]1C=C[C@@H]2O1. The Morgan fingerprint density at radius 2 is 1.65 bits per heavy atom. The van der Waals surface area contributed by atoms with Crippen LogP contribution in [0.15, 0.2) is 36.4 Å². The first-order chi connectivity index (χ1) is 9.72. The third-order valence-electron chi connectivity index (χ3n) is 4.18. The largest absolute Gasteiger partial charge is 0.365 e. The normalized spacial score (nSPS) is 33.6. The molecule has 20 heavy (non-hydrogen) atoms. The van der Waals surface area contributed by atoms with Gasteiger partial charge >= 0.3 is 0 Å². The summed E-state index contributed by atoms with van der Waals surface area (Å²) >= 11 is 0. The minimum Gasteiger partial charge on any atom is -0.365 e. The molecule has 2 amide bonds. The molecule has 0 aliphatic carbocycles. The van der Waals surface area contributed by atoms with Crippen LogP contribution in [0.3, 0.4) is 0 Å². The molecule has 0 saturated carbocycles. The third-order valence-corrected chi connectivity index (χ3v) is 4.18. The Bertz CT molecular complexity index is 673. The number of fused-ring (bicyclic) bond motifs is 5. The molecule has 1 aromatic rings. The average molecular weight is 266 g/mol. The monoisotopic (exact) mass is 266 g/mol. The lowest BCUT2D eigenvalue weighted by Gasteiger charge is -2.18. The van der Waals surface area contributed by atoms with Gasteiger partial charge in [-0.15, -0.1) is 0 Å². The molecule has 4 rings (SSSR count). The molecule has 0 spiro atoms. The fourth-order valence-corrected chi connectivity index (χ4v) is 3.30. The van der Waals surface area contributed by atoms with E-state index in [0.29, 0.717) is 11.3 Å². The fraction of sp³-hybridized carbons (Fsp3) is 0.267. The van der Waals surface area contributed by atoms with Gasteiger partial charge in [0.2, 0.25) is 11.8 Å². The van der Waals surface area contributed by atoms with Gasteiger partial charge in [-0.1, -0.05) is 24.3 Å². The van der Waals surface area contributed by atoms with Gasteiger partial charge in [-0.25, -0.2) is 4.90 Å². The Kier molecular flexibility index (Phi) is 2.15. The summed E-state index contributed by atoms with van der Waals surface area (Å²) in [4.78, 5) is 26.2. The molecule has 3 heterocycles. The van der Waals surface area contributed by atoms with E-state index in [4.69, 9.17) is 10.00 Å². The molecule has 0 radical (unpaired) electrons. The summed E-state index contributed by atoms with van der Waals surface area (Å²) < 4.78 is 5.58. The fourth-order valence-electron chi connectivity index (χ4n) is 3.30. The highest BCUT2D eigenvalue weighted by molar-refractivity contribution is 6.23. The summed E-state index contributed by atoms with van der Waals surface area (Å²) in [5, 5.41) is 9.13. The Balaban J connectivity index is 1.81. The second-order valence-electron chi connectivity index (χ2n) is 5.14. The third kappa shape index (κ3) is 1.24. The molecule has 1 aromatic carbocycles. The van der Waals surface area contributed by atoms with Crippen LogP contribution < -0.4 is 4.90 Å². The van der Waals surface area contributed by atoms with Crippen LogP contribution in [0.25, 0.3) is 0 Å². The first-order valence-corrected chi connectivity index (χ1v) is 6.43. The van der Waals surface area contributed by atoms with Crippen molar-refractivity contribution in [3.05, 3.63) is 42.0 Å². The molecule has 3 aliphatic rings. The van der Waals surface area contributed by atoms with Crippen LogP contribution in [0.2, 0.25) is 0 Å². The highest BCUT2D eigenvalue weighted by Gasteiger charge is 2.61. The highest BCUT2D eigenvalue weighted by Crippen LogP contribution is 2.46. The summed E-state index contributed by atoms with van der Waals surface area (Å²) in [7, 11) is 0. The van der Waals surface area contributed by atoms with Crippen LogP contribution in [-0.2, 0) is 14.3 Å². The Labute approximate surface area is 115 Å². The lowest BCUT2D eigenvalue weighted by molar-refractivity contribution is -0.124. The molecule has 5 heteroatoms. The molecule has 4 atom stereocenters. The molecule has 3 aliphatic heterocycles. The molecule has 2 bridgehead atoms. The predicted molar refractivity (Wildman–Crippen MR) is 68.4 cm³/mol. The minimum atomic E-state index is -0.441. The number of amides is 2. The zero-order valence-electron chi connectivity index (χ0n) is 10.4. The standard InChI is InChI=1S/C15H10N2O3/c16-7-8-3-1-2-4-9(8)17-14(18)12-10-5-6-11(20-10)13(12)15(17)19/h1-6,10-13H/t10-,11+,12-,13+. The van der Waals surface area contributed by atoms with Crippen molar-refractivity contribution in [2.75, 3.05) is 4.90 Å². The first kappa shape index (κ1) is 11.4. The number of carbonyl (C=O) groups is 2. The number of ether oxygens (including phenoxy) is 1. The highest BCUT2D eigenvalue weighted by atomic mass is 16.5. The zero-order valence-corrected chi connectivity index (χ0v) is 10.4. The molecular formula is C15H10N2O3. The van der Waals surface area contributed by atoms with Gasteiger partial charge in [0.15, 0.2) is 0 Å². The van der Waals surface area contributed by atoms with Gasteiger partial charge in [-0.3, -0.25) is 9.59 Å². The van der Waals surface area contributed by atoms with E-state index in [2.05, 4.69) is 0 Å². The van der Waals surface area contributed by atoms with E-state index in [-0.39, 0.29) is 24.0 Å². The molecule has 0 N–H and O–H groups in total. The lowest BCUT2D eigenvalue weighted by Crippen LogP contribution is -2.34.